The molecule has 0 amide bonds. The lowest BCUT2D eigenvalue weighted by Crippen LogP contribution is -2.31. The van der Waals surface area contributed by atoms with Gasteiger partial charge in [-0.2, -0.15) is 0 Å². The Morgan fingerprint density at radius 3 is 2.18 bits per heavy atom. The number of hydrogen-bond acceptors (Lipinski definition) is 1. The minimum Gasteiger partial charge on any atom is -0.325 e. The van der Waals surface area contributed by atoms with Crippen LogP contribution >= 0.6 is 0 Å². The second-order valence-electron chi connectivity index (χ2n) is 3.82. The van der Waals surface area contributed by atoms with Gasteiger partial charge in [0.2, 0.25) is 0 Å². The van der Waals surface area contributed by atoms with E-state index in [2.05, 4.69) is 13.8 Å². The quantitative estimate of drug-likeness (QED) is 0.588. The van der Waals surface area contributed by atoms with Crippen LogP contribution in [0.1, 0.15) is 52.4 Å². The van der Waals surface area contributed by atoms with Crippen molar-refractivity contribution in [1.82, 2.24) is 0 Å². The molecule has 0 bridgehead atoms. The molecule has 1 radical (unpaired) electrons. The predicted octanol–water partition coefficient (Wildman–Crippen LogP) is 2.90. The van der Waals surface area contributed by atoms with E-state index < -0.39 is 0 Å². The van der Waals surface area contributed by atoms with Gasteiger partial charge in [0.1, 0.15) is 0 Å². The molecule has 67 valence electrons. The van der Waals surface area contributed by atoms with E-state index in [0.717, 1.165) is 6.42 Å². The first kappa shape index (κ1) is 11.0. The minimum absolute atomic E-state index is 0.202. The standard InChI is InChI=1S/C10H22N/c1-4-5-6-7-8-9-10(2,3)11/h2,4-9,11H2,1,3H3. The highest BCUT2D eigenvalue weighted by Crippen LogP contribution is 2.11. The summed E-state index contributed by atoms with van der Waals surface area (Å²) in [6.07, 6.45) is 7.62. The van der Waals surface area contributed by atoms with Crippen LogP contribution in [0.15, 0.2) is 0 Å². The molecule has 0 heterocycles. The average Bonchev–Trinajstić information content (AvgIpc) is 1.85. The maximum absolute atomic E-state index is 5.74. The van der Waals surface area contributed by atoms with E-state index in [0.29, 0.717) is 0 Å². The zero-order chi connectivity index (χ0) is 8.74. The van der Waals surface area contributed by atoms with E-state index >= 15 is 0 Å². The Hall–Kier alpha value is -0.0400. The van der Waals surface area contributed by atoms with E-state index in [1.165, 1.54) is 32.1 Å². The summed E-state index contributed by atoms with van der Waals surface area (Å²) in [6.45, 7) is 8.09. The lowest BCUT2D eigenvalue weighted by atomic mass is 9.98. The molecule has 1 unspecified atom stereocenters. The van der Waals surface area contributed by atoms with Gasteiger partial charge in [0.15, 0.2) is 0 Å². The van der Waals surface area contributed by atoms with E-state index in [1.54, 1.807) is 0 Å². The Morgan fingerprint density at radius 1 is 1.18 bits per heavy atom. The molecule has 1 heteroatoms. The highest BCUT2D eigenvalue weighted by molar-refractivity contribution is 4.80. The minimum atomic E-state index is -0.202. The molecule has 11 heavy (non-hydrogen) atoms. The van der Waals surface area contributed by atoms with Gasteiger partial charge >= 0.3 is 0 Å². The summed E-state index contributed by atoms with van der Waals surface area (Å²) in [5, 5.41) is 0. The first-order valence-electron chi connectivity index (χ1n) is 4.70. The van der Waals surface area contributed by atoms with Crippen molar-refractivity contribution in [2.75, 3.05) is 0 Å². The van der Waals surface area contributed by atoms with Crippen molar-refractivity contribution in [2.24, 2.45) is 5.73 Å². The number of unbranched alkanes of at least 4 members (excludes halogenated alkanes) is 4. The fourth-order valence-corrected chi connectivity index (χ4v) is 1.13. The Morgan fingerprint density at radius 2 is 1.73 bits per heavy atom. The third-order valence-electron chi connectivity index (χ3n) is 1.85. The van der Waals surface area contributed by atoms with E-state index in [9.17, 15) is 0 Å². The molecule has 2 N–H and O–H groups in total. The largest absolute Gasteiger partial charge is 0.325 e. The maximum Gasteiger partial charge on any atom is 0.0126 e. The van der Waals surface area contributed by atoms with Gasteiger partial charge in [0, 0.05) is 5.54 Å². The molecule has 0 rings (SSSR count). The molecule has 0 saturated heterocycles. The van der Waals surface area contributed by atoms with Crippen LogP contribution in [0.5, 0.6) is 0 Å². The van der Waals surface area contributed by atoms with Crippen LogP contribution in [0, 0.1) is 6.92 Å². The number of rotatable bonds is 6. The molecule has 1 atom stereocenters. The summed E-state index contributed by atoms with van der Waals surface area (Å²) >= 11 is 0. The fraction of sp³-hybridized carbons (Fsp3) is 0.900. The second-order valence-corrected chi connectivity index (χ2v) is 3.82. The highest BCUT2D eigenvalue weighted by atomic mass is 14.7. The van der Waals surface area contributed by atoms with Crippen molar-refractivity contribution in [3.8, 4) is 0 Å². The zero-order valence-corrected chi connectivity index (χ0v) is 8.03. The van der Waals surface area contributed by atoms with Gasteiger partial charge in [-0.15, -0.1) is 0 Å². The molecule has 0 aromatic heterocycles. The summed E-state index contributed by atoms with van der Waals surface area (Å²) in [6, 6.07) is 0. The van der Waals surface area contributed by atoms with Crippen molar-refractivity contribution in [3.05, 3.63) is 6.92 Å². The molecular formula is C10H22N. The van der Waals surface area contributed by atoms with Crippen molar-refractivity contribution >= 4 is 0 Å². The second kappa shape index (κ2) is 5.59. The van der Waals surface area contributed by atoms with Crippen LogP contribution in [0.2, 0.25) is 0 Å². The van der Waals surface area contributed by atoms with Crippen LogP contribution in [0.3, 0.4) is 0 Å². The van der Waals surface area contributed by atoms with Gasteiger partial charge in [0.25, 0.3) is 0 Å². The third kappa shape index (κ3) is 9.96. The van der Waals surface area contributed by atoms with Gasteiger partial charge < -0.3 is 5.73 Å². The van der Waals surface area contributed by atoms with Gasteiger partial charge in [-0.1, -0.05) is 39.0 Å². The van der Waals surface area contributed by atoms with Crippen LogP contribution in [0.4, 0.5) is 0 Å². The first-order chi connectivity index (χ1) is 5.06. The molecule has 0 aliphatic rings. The zero-order valence-electron chi connectivity index (χ0n) is 8.03. The predicted molar refractivity (Wildman–Crippen MR) is 51.3 cm³/mol. The number of hydrogen-bond donors (Lipinski definition) is 1. The van der Waals surface area contributed by atoms with Gasteiger partial charge in [0.05, 0.1) is 0 Å². The normalized spacial score (nSPS) is 12.0. The number of nitrogens with two attached hydrogens (primary N) is 1. The van der Waals surface area contributed by atoms with Crippen molar-refractivity contribution in [1.29, 1.82) is 0 Å². The van der Waals surface area contributed by atoms with Gasteiger partial charge in [-0.3, -0.25) is 0 Å². The van der Waals surface area contributed by atoms with Crippen LogP contribution < -0.4 is 5.73 Å². The molecule has 0 aliphatic heterocycles. The molecule has 0 fully saturated rings. The summed E-state index contributed by atoms with van der Waals surface area (Å²) in [5.74, 6) is 0. The first-order valence-corrected chi connectivity index (χ1v) is 4.70. The lowest BCUT2D eigenvalue weighted by Gasteiger charge is -2.17. The molecular weight excluding hydrogens is 134 g/mol. The molecule has 1 nitrogen and oxygen atoms in total. The van der Waals surface area contributed by atoms with Gasteiger partial charge in [-0.05, 0) is 20.3 Å². The fourth-order valence-electron chi connectivity index (χ4n) is 1.13. The Bertz CT molecular complexity index is 81.4. The molecule has 0 aromatic carbocycles. The third-order valence-corrected chi connectivity index (χ3v) is 1.85. The van der Waals surface area contributed by atoms with E-state index in [4.69, 9.17) is 5.73 Å². The topological polar surface area (TPSA) is 26.0 Å². The van der Waals surface area contributed by atoms with E-state index in [1.807, 2.05) is 6.92 Å². The Balaban J connectivity index is 3.02. The Labute approximate surface area is 71.4 Å². The average molecular weight is 156 g/mol. The Kier molecular flexibility index (Phi) is 5.57. The molecule has 0 saturated carbocycles. The van der Waals surface area contributed by atoms with Crippen LogP contribution in [0.25, 0.3) is 0 Å². The van der Waals surface area contributed by atoms with E-state index in [-0.39, 0.29) is 5.54 Å². The lowest BCUT2D eigenvalue weighted by molar-refractivity contribution is 0.482. The van der Waals surface area contributed by atoms with Gasteiger partial charge in [-0.25, -0.2) is 0 Å². The SMILES string of the molecule is [CH2]C(C)(N)CCCCCCC. The summed E-state index contributed by atoms with van der Waals surface area (Å²) in [4.78, 5) is 0. The van der Waals surface area contributed by atoms with Crippen molar-refractivity contribution in [2.45, 2.75) is 57.9 Å². The highest BCUT2D eigenvalue weighted by Gasteiger charge is 2.08. The molecule has 0 aromatic rings. The summed E-state index contributed by atoms with van der Waals surface area (Å²) < 4.78 is 0. The maximum atomic E-state index is 5.74. The van der Waals surface area contributed by atoms with Crippen molar-refractivity contribution in [3.63, 3.8) is 0 Å². The monoisotopic (exact) mass is 156 g/mol. The molecule has 0 aliphatic carbocycles. The van der Waals surface area contributed by atoms with Crippen LogP contribution in [-0.2, 0) is 0 Å². The summed E-state index contributed by atoms with van der Waals surface area (Å²) in [5.41, 5.74) is 5.54. The molecule has 0 spiro atoms. The summed E-state index contributed by atoms with van der Waals surface area (Å²) in [7, 11) is 0. The van der Waals surface area contributed by atoms with Crippen molar-refractivity contribution < 1.29 is 0 Å². The van der Waals surface area contributed by atoms with Crippen LogP contribution in [-0.4, -0.2) is 5.54 Å². The smallest absolute Gasteiger partial charge is 0.0126 e.